The van der Waals surface area contributed by atoms with E-state index in [-0.39, 0.29) is 5.91 Å². The Balaban J connectivity index is 1.83. The van der Waals surface area contributed by atoms with Gasteiger partial charge in [0, 0.05) is 42.1 Å². The minimum Gasteiger partial charge on any atom is -0.324 e. The van der Waals surface area contributed by atoms with Gasteiger partial charge in [0.25, 0.3) is 0 Å². The Kier molecular flexibility index (Phi) is 2.72. The topological polar surface area (TPSA) is 44.7 Å². The molecule has 0 atom stereocenters. The highest BCUT2D eigenvalue weighted by molar-refractivity contribution is 6.02. The van der Waals surface area contributed by atoms with Gasteiger partial charge in [0.1, 0.15) is 5.84 Å². The number of nitrogens with one attached hydrogen (secondary N) is 1. The van der Waals surface area contributed by atoms with Crippen LogP contribution in [-0.4, -0.2) is 23.2 Å². The van der Waals surface area contributed by atoms with Crippen molar-refractivity contribution in [2.24, 2.45) is 4.99 Å². The number of benzene rings is 1. The Morgan fingerprint density at radius 3 is 2.86 bits per heavy atom. The number of carbonyl (C=O) groups excluding carboxylic acids is 1. The Hall–Kier alpha value is -2.76. The summed E-state index contributed by atoms with van der Waals surface area (Å²) in [6, 6.07) is 3.73. The molecule has 6 heteroatoms. The first-order chi connectivity index (χ1) is 10.6. The molecule has 3 aliphatic rings. The molecule has 0 bridgehead atoms. The van der Waals surface area contributed by atoms with Crippen LogP contribution in [-0.2, 0) is 4.79 Å². The van der Waals surface area contributed by atoms with Crippen molar-refractivity contribution in [1.29, 1.82) is 0 Å². The van der Waals surface area contributed by atoms with Gasteiger partial charge in [0.2, 0.25) is 5.91 Å². The van der Waals surface area contributed by atoms with Gasteiger partial charge in [-0.15, -0.1) is 0 Å². The van der Waals surface area contributed by atoms with Gasteiger partial charge >= 0.3 is 0 Å². The minimum atomic E-state index is -0.905. The molecule has 1 N–H and O–H groups in total. The van der Waals surface area contributed by atoms with Gasteiger partial charge in [0.15, 0.2) is 11.6 Å². The molecule has 0 unspecified atom stereocenters. The van der Waals surface area contributed by atoms with Gasteiger partial charge in [-0.1, -0.05) is 0 Å². The summed E-state index contributed by atoms with van der Waals surface area (Å²) < 4.78 is 26.6. The fourth-order valence-electron chi connectivity index (χ4n) is 2.89. The standard InChI is InChI=1S/C16H11F2N3O/c17-11-3-1-9(7-12(11)18)16-19-8-10-2-4-14(22)20-13-5-6-21(16)15(10)13/h1-4,7-8H,5-6H2,(H,20,22). The summed E-state index contributed by atoms with van der Waals surface area (Å²) in [5.74, 6) is -1.41. The second-order valence-corrected chi connectivity index (χ2v) is 5.22. The molecule has 0 aromatic heterocycles. The highest BCUT2D eigenvalue weighted by Gasteiger charge is 2.32. The quantitative estimate of drug-likeness (QED) is 0.864. The van der Waals surface area contributed by atoms with E-state index in [0.717, 1.165) is 29.1 Å². The smallest absolute Gasteiger partial charge is 0.248 e. The lowest BCUT2D eigenvalue weighted by molar-refractivity contribution is -0.115. The molecule has 4 nitrogen and oxygen atoms in total. The second kappa shape index (κ2) is 4.62. The van der Waals surface area contributed by atoms with E-state index in [1.165, 1.54) is 12.1 Å². The summed E-state index contributed by atoms with van der Waals surface area (Å²) in [6.07, 6.45) is 5.48. The molecule has 110 valence electrons. The van der Waals surface area contributed by atoms with Crippen LogP contribution in [0.15, 0.2) is 58.5 Å². The summed E-state index contributed by atoms with van der Waals surface area (Å²) in [4.78, 5) is 17.9. The van der Waals surface area contributed by atoms with Crippen LogP contribution in [0.25, 0.3) is 0 Å². The number of aliphatic imine (C=N–C) groups is 1. The van der Waals surface area contributed by atoms with Crippen LogP contribution in [0, 0.1) is 11.6 Å². The fraction of sp³-hybridized carbons (Fsp3) is 0.125. The molecule has 1 amide bonds. The van der Waals surface area contributed by atoms with Crippen molar-refractivity contribution < 1.29 is 13.6 Å². The maximum absolute atomic E-state index is 13.5. The first kappa shape index (κ1) is 12.9. The van der Waals surface area contributed by atoms with Gasteiger partial charge < -0.3 is 10.2 Å². The number of rotatable bonds is 1. The lowest BCUT2D eigenvalue weighted by Gasteiger charge is -2.27. The second-order valence-electron chi connectivity index (χ2n) is 5.22. The van der Waals surface area contributed by atoms with Crippen LogP contribution in [0.1, 0.15) is 12.0 Å². The van der Waals surface area contributed by atoms with Crippen LogP contribution in [0.5, 0.6) is 0 Å². The molecule has 1 aromatic rings. The van der Waals surface area contributed by atoms with E-state index in [9.17, 15) is 13.6 Å². The van der Waals surface area contributed by atoms with E-state index in [2.05, 4.69) is 10.3 Å². The normalized spacial score (nSPS) is 19.5. The Labute approximate surface area is 125 Å². The summed E-state index contributed by atoms with van der Waals surface area (Å²) in [7, 11) is 0. The SMILES string of the molecule is O=C1C=CC2=CN=C(c3ccc(F)c(F)c3)N3CCC(=C23)N1. The average Bonchev–Trinajstić information content (AvgIpc) is 2.84. The third-order valence-corrected chi connectivity index (χ3v) is 3.86. The summed E-state index contributed by atoms with van der Waals surface area (Å²) in [5, 5.41) is 2.84. The lowest BCUT2D eigenvalue weighted by Crippen LogP contribution is -2.31. The van der Waals surface area contributed by atoms with Crippen molar-refractivity contribution in [2.75, 3.05) is 6.54 Å². The molecule has 0 radical (unpaired) electrons. The monoisotopic (exact) mass is 299 g/mol. The van der Waals surface area contributed by atoms with Crippen molar-refractivity contribution in [1.82, 2.24) is 10.2 Å². The minimum absolute atomic E-state index is 0.172. The zero-order valence-corrected chi connectivity index (χ0v) is 11.4. The van der Waals surface area contributed by atoms with Crippen molar-refractivity contribution >= 4 is 11.7 Å². The number of allylic oxidation sites excluding steroid dienone is 1. The number of amides is 1. The molecule has 4 rings (SSSR count). The summed E-state index contributed by atoms with van der Waals surface area (Å²) in [5.41, 5.74) is 3.03. The Morgan fingerprint density at radius 2 is 2.05 bits per heavy atom. The molecule has 0 saturated heterocycles. The van der Waals surface area contributed by atoms with Gasteiger partial charge in [-0.25, -0.2) is 13.8 Å². The molecular formula is C16H11F2N3O. The molecule has 22 heavy (non-hydrogen) atoms. The molecular weight excluding hydrogens is 288 g/mol. The van der Waals surface area contributed by atoms with E-state index in [1.54, 1.807) is 12.3 Å². The van der Waals surface area contributed by atoms with E-state index in [4.69, 9.17) is 0 Å². The van der Waals surface area contributed by atoms with Crippen LogP contribution in [0.4, 0.5) is 8.78 Å². The van der Waals surface area contributed by atoms with E-state index in [1.807, 2.05) is 4.90 Å². The summed E-state index contributed by atoms with van der Waals surface area (Å²) >= 11 is 0. The fourth-order valence-corrected chi connectivity index (χ4v) is 2.89. The van der Waals surface area contributed by atoms with Crippen molar-refractivity contribution in [2.45, 2.75) is 6.42 Å². The molecule has 0 aliphatic carbocycles. The van der Waals surface area contributed by atoms with Gasteiger partial charge in [-0.3, -0.25) is 4.79 Å². The Bertz CT molecular complexity index is 821. The van der Waals surface area contributed by atoms with E-state index < -0.39 is 11.6 Å². The number of hydrogen-bond acceptors (Lipinski definition) is 3. The first-order valence-electron chi connectivity index (χ1n) is 6.87. The van der Waals surface area contributed by atoms with Crippen LogP contribution >= 0.6 is 0 Å². The zero-order valence-electron chi connectivity index (χ0n) is 11.4. The van der Waals surface area contributed by atoms with Gasteiger partial charge in [-0.2, -0.15) is 0 Å². The summed E-state index contributed by atoms with van der Waals surface area (Å²) in [6.45, 7) is 0.633. The third kappa shape index (κ3) is 1.88. The molecule has 0 saturated carbocycles. The molecule has 0 spiro atoms. The number of amidine groups is 1. The predicted octanol–water partition coefficient (Wildman–Crippen LogP) is 2.21. The predicted molar refractivity (Wildman–Crippen MR) is 76.6 cm³/mol. The lowest BCUT2D eigenvalue weighted by atomic mass is 10.1. The van der Waals surface area contributed by atoms with Crippen molar-refractivity contribution in [3.8, 4) is 0 Å². The zero-order chi connectivity index (χ0) is 15.3. The first-order valence-corrected chi connectivity index (χ1v) is 6.87. The molecule has 0 fully saturated rings. The van der Waals surface area contributed by atoms with E-state index >= 15 is 0 Å². The number of nitrogens with zero attached hydrogens (tertiary/aromatic N) is 2. The number of carbonyl (C=O) groups is 1. The number of hydrogen-bond donors (Lipinski definition) is 1. The van der Waals surface area contributed by atoms with Crippen molar-refractivity contribution in [3.63, 3.8) is 0 Å². The molecule has 3 aliphatic heterocycles. The maximum atomic E-state index is 13.5. The highest BCUT2D eigenvalue weighted by Crippen LogP contribution is 2.34. The number of halogens is 2. The third-order valence-electron chi connectivity index (χ3n) is 3.86. The Morgan fingerprint density at radius 1 is 1.18 bits per heavy atom. The average molecular weight is 299 g/mol. The maximum Gasteiger partial charge on any atom is 0.248 e. The molecule has 3 heterocycles. The highest BCUT2D eigenvalue weighted by atomic mass is 19.2. The van der Waals surface area contributed by atoms with Gasteiger partial charge in [-0.05, 0) is 24.3 Å². The van der Waals surface area contributed by atoms with Crippen LogP contribution in [0.2, 0.25) is 0 Å². The molecule has 1 aromatic carbocycles. The van der Waals surface area contributed by atoms with Gasteiger partial charge in [0.05, 0.1) is 5.70 Å². The van der Waals surface area contributed by atoms with E-state index in [0.29, 0.717) is 24.4 Å². The van der Waals surface area contributed by atoms with Crippen molar-refractivity contribution in [3.05, 3.63) is 70.7 Å². The largest absolute Gasteiger partial charge is 0.324 e. The van der Waals surface area contributed by atoms with Crippen LogP contribution in [0.3, 0.4) is 0 Å². The van der Waals surface area contributed by atoms with Crippen LogP contribution < -0.4 is 5.32 Å².